The Morgan fingerprint density at radius 1 is 1.44 bits per heavy atom. The quantitative estimate of drug-likeness (QED) is 0.763. The first-order chi connectivity index (χ1) is 8.72. The minimum absolute atomic E-state index is 0.0157. The lowest BCUT2D eigenvalue weighted by Gasteiger charge is -2.31. The van der Waals surface area contributed by atoms with E-state index < -0.39 is 0 Å². The lowest BCUT2D eigenvalue weighted by atomic mass is 9.85. The van der Waals surface area contributed by atoms with Gasteiger partial charge in [0.05, 0.1) is 5.56 Å². The summed E-state index contributed by atoms with van der Waals surface area (Å²) in [5, 5.41) is 0. The van der Waals surface area contributed by atoms with Crippen molar-refractivity contribution >= 4 is 5.78 Å². The monoisotopic (exact) mass is 247 g/mol. The summed E-state index contributed by atoms with van der Waals surface area (Å²) in [6.45, 7) is 3.76. The Labute approximate surface area is 109 Å². The fourth-order valence-corrected chi connectivity index (χ4v) is 2.69. The zero-order chi connectivity index (χ0) is 13.0. The van der Waals surface area contributed by atoms with Gasteiger partial charge >= 0.3 is 0 Å². The summed E-state index contributed by atoms with van der Waals surface area (Å²) in [7, 11) is 0. The predicted molar refractivity (Wildman–Crippen MR) is 70.9 cm³/mol. The molecule has 0 spiro atoms. The van der Waals surface area contributed by atoms with Crippen LogP contribution in [0.25, 0.3) is 0 Å². The fourth-order valence-electron chi connectivity index (χ4n) is 2.69. The molecule has 98 valence electrons. The third-order valence-electron chi connectivity index (χ3n) is 3.78. The number of ether oxygens (including phenoxy) is 1. The molecule has 0 N–H and O–H groups in total. The van der Waals surface area contributed by atoms with Crippen LogP contribution in [0.1, 0.15) is 56.3 Å². The van der Waals surface area contributed by atoms with Crippen LogP contribution >= 0.6 is 0 Å². The summed E-state index contributed by atoms with van der Waals surface area (Å²) >= 11 is 0. The Bertz CT molecular complexity index is 417. The van der Waals surface area contributed by atoms with Gasteiger partial charge in [-0.25, -0.2) is 4.98 Å². The number of hydrogen-bond donors (Lipinski definition) is 0. The highest BCUT2D eigenvalue weighted by Gasteiger charge is 2.26. The van der Waals surface area contributed by atoms with E-state index in [0.29, 0.717) is 17.4 Å². The molecule has 1 aromatic heterocycles. The maximum atomic E-state index is 11.5. The molecule has 0 amide bonds. The molecule has 18 heavy (non-hydrogen) atoms. The highest BCUT2D eigenvalue weighted by atomic mass is 16.5. The summed E-state index contributed by atoms with van der Waals surface area (Å²) in [5.74, 6) is 1.12. The number of nitrogens with zero attached hydrogens (tertiary/aromatic N) is 1. The minimum atomic E-state index is 0.0157. The van der Waals surface area contributed by atoms with E-state index in [1.807, 2.05) is 0 Å². The molecular formula is C15H21NO2. The van der Waals surface area contributed by atoms with Crippen molar-refractivity contribution in [3.63, 3.8) is 0 Å². The van der Waals surface area contributed by atoms with Gasteiger partial charge in [0, 0.05) is 6.20 Å². The van der Waals surface area contributed by atoms with Gasteiger partial charge in [-0.15, -0.1) is 0 Å². The summed E-state index contributed by atoms with van der Waals surface area (Å²) in [6, 6.07) is 3.57. The standard InChI is InChI=1S/C15H21NO2/c1-3-12-7-4-5-9-14(12)18-15-13(11(2)17)8-6-10-16-15/h6,8,10,12,14H,3-5,7,9H2,1-2H3. The predicted octanol–water partition coefficient (Wildman–Crippen LogP) is 3.63. The molecule has 0 radical (unpaired) electrons. The van der Waals surface area contributed by atoms with Crippen LogP contribution in [0.5, 0.6) is 5.88 Å². The number of ketones is 1. The normalized spacial score (nSPS) is 23.7. The topological polar surface area (TPSA) is 39.2 Å². The smallest absolute Gasteiger partial charge is 0.224 e. The van der Waals surface area contributed by atoms with Crippen molar-refractivity contribution in [2.45, 2.75) is 52.1 Å². The van der Waals surface area contributed by atoms with Gasteiger partial charge in [0.25, 0.3) is 0 Å². The van der Waals surface area contributed by atoms with E-state index >= 15 is 0 Å². The number of aromatic nitrogens is 1. The SMILES string of the molecule is CCC1CCCCC1Oc1ncccc1C(C)=O. The van der Waals surface area contributed by atoms with Gasteiger partial charge in [-0.2, -0.15) is 0 Å². The van der Waals surface area contributed by atoms with Gasteiger partial charge in [-0.1, -0.05) is 13.3 Å². The van der Waals surface area contributed by atoms with Crippen molar-refractivity contribution in [1.29, 1.82) is 0 Å². The van der Waals surface area contributed by atoms with Crippen LogP contribution < -0.4 is 4.74 Å². The molecule has 1 fully saturated rings. The molecule has 1 aliphatic rings. The summed E-state index contributed by atoms with van der Waals surface area (Å²) in [5.41, 5.74) is 0.595. The molecule has 0 aromatic carbocycles. The van der Waals surface area contributed by atoms with Crippen LogP contribution in [0.3, 0.4) is 0 Å². The highest BCUT2D eigenvalue weighted by Crippen LogP contribution is 2.30. The van der Waals surface area contributed by atoms with Crippen LogP contribution in [0, 0.1) is 5.92 Å². The summed E-state index contributed by atoms with van der Waals surface area (Å²) < 4.78 is 6.02. The van der Waals surface area contributed by atoms with Crippen molar-refractivity contribution in [3.8, 4) is 5.88 Å². The van der Waals surface area contributed by atoms with E-state index in [1.54, 1.807) is 25.3 Å². The first-order valence-electron chi connectivity index (χ1n) is 6.85. The van der Waals surface area contributed by atoms with Gasteiger partial charge in [-0.3, -0.25) is 4.79 Å². The number of Topliss-reactive ketones (excluding diaryl/α,β-unsaturated/α-hetero) is 1. The van der Waals surface area contributed by atoms with Crippen molar-refractivity contribution in [1.82, 2.24) is 4.98 Å². The van der Waals surface area contributed by atoms with E-state index in [-0.39, 0.29) is 11.9 Å². The Balaban J connectivity index is 2.15. The van der Waals surface area contributed by atoms with Gasteiger partial charge in [0.2, 0.25) is 5.88 Å². The number of rotatable bonds is 4. The first-order valence-corrected chi connectivity index (χ1v) is 6.85. The Morgan fingerprint density at radius 3 is 2.94 bits per heavy atom. The molecule has 2 atom stereocenters. The molecule has 1 aromatic rings. The molecular weight excluding hydrogens is 226 g/mol. The number of carbonyl (C=O) groups is 1. The summed E-state index contributed by atoms with van der Waals surface area (Å²) in [6.07, 6.45) is 7.84. The fraction of sp³-hybridized carbons (Fsp3) is 0.600. The molecule has 3 heteroatoms. The maximum absolute atomic E-state index is 11.5. The van der Waals surface area contributed by atoms with Crippen molar-refractivity contribution in [3.05, 3.63) is 23.9 Å². The molecule has 0 aliphatic heterocycles. The minimum Gasteiger partial charge on any atom is -0.474 e. The van der Waals surface area contributed by atoms with Crippen LogP contribution in [0.4, 0.5) is 0 Å². The molecule has 1 aliphatic carbocycles. The highest BCUT2D eigenvalue weighted by molar-refractivity contribution is 5.96. The molecule has 3 nitrogen and oxygen atoms in total. The second-order valence-electron chi connectivity index (χ2n) is 5.02. The molecule has 2 unspecified atom stereocenters. The first kappa shape index (κ1) is 13.1. The van der Waals surface area contributed by atoms with Crippen molar-refractivity contribution < 1.29 is 9.53 Å². The van der Waals surface area contributed by atoms with E-state index in [2.05, 4.69) is 11.9 Å². The lowest BCUT2D eigenvalue weighted by molar-refractivity contribution is 0.0826. The number of carbonyl (C=O) groups excluding carboxylic acids is 1. The van der Waals surface area contributed by atoms with E-state index in [1.165, 1.54) is 19.3 Å². The van der Waals surface area contributed by atoms with Gasteiger partial charge in [0.15, 0.2) is 5.78 Å². The van der Waals surface area contributed by atoms with Gasteiger partial charge < -0.3 is 4.74 Å². The zero-order valence-electron chi connectivity index (χ0n) is 11.2. The zero-order valence-corrected chi connectivity index (χ0v) is 11.2. The van der Waals surface area contributed by atoms with Gasteiger partial charge in [0.1, 0.15) is 6.10 Å². The summed E-state index contributed by atoms with van der Waals surface area (Å²) in [4.78, 5) is 15.8. The Hall–Kier alpha value is -1.38. The van der Waals surface area contributed by atoms with E-state index in [0.717, 1.165) is 12.8 Å². The second kappa shape index (κ2) is 5.98. The van der Waals surface area contributed by atoms with Crippen LogP contribution in [0.15, 0.2) is 18.3 Å². The Kier molecular flexibility index (Phi) is 4.34. The molecule has 0 bridgehead atoms. The number of pyridine rings is 1. The average molecular weight is 247 g/mol. The van der Waals surface area contributed by atoms with Crippen LogP contribution in [-0.2, 0) is 0 Å². The lowest BCUT2D eigenvalue weighted by Crippen LogP contribution is -2.30. The van der Waals surface area contributed by atoms with Crippen molar-refractivity contribution in [2.75, 3.05) is 0 Å². The Morgan fingerprint density at radius 2 is 2.22 bits per heavy atom. The molecule has 2 rings (SSSR count). The van der Waals surface area contributed by atoms with E-state index in [4.69, 9.17) is 4.74 Å². The van der Waals surface area contributed by atoms with Crippen LogP contribution in [0.2, 0.25) is 0 Å². The number of hydrogen-bond acceptors (Lipinski definition) is 3. The molecule has 1 saturated carbocycles. The van der Waals surface area contributed by atoms with Crippen molar-refractivity contribution in [2.24, 2.45) is 5.92 Å². The molecule has 0 saturated heterocycles. The third-order valence-corrected chi connectivity index (χ3v) is 3.78. The molecule has 1 heterocycles. The third kappa shape index (κ3) is 2.89. The van der Waals surface area contributed by atoms with E-state index in [9.17, 15) is 4.79 Å². The average Bonchev–Trinajstić information content (AvgIpc) is 2.40. The largest absolute Gasteiger partial charge is 0.474 e. The maximum Gasteiger partial charge on any atom is 0.224 e. The second-order valence-corrected chi connectivity index (χ2v) is 5.02. The van der Waals surface area contributed by atoms with Gasteiger partial charge in [-0.05, 0) is 50.7 Å². The van der Waals surface area contributed by atoms with Crippen LogP contribution in [-0.4, -0.2) is 16.9 Å².